The van der Waals surface area contributed by atoms with Crippen LogP contribution in [0.3, 0.4) is 0 Å². The van der Waals surface area contributed by atoms with Crippen LogP contribution in [-0.2, 0) is 0 Å². The van der Waals surface area contributed by atoms with E-state index in [4.69, 9.17) is 0 Å². The van der Waals surface area contributed by atoms with E-state index in [9.17, 15) is 0 Å². The van der Waals surface area contributed by atoms with Crippen molar-refractivity contribution in [2.75, 3.05) is 26.2 Å². The van der Waals surface area contributed by atoms with E-state index in [0.29, 0.717) is 0 Å². The summed E-state index contributed by atoms with van der Waals surface area (Å²) in [6.07, 6.45) is 11.5. The van der Waals surface area contributed by atoms with Gasteiger partial charge in [-0.25, -0.2) is 0 Å². The molecule has 106 valence electrons. The smallest absolute Gasteiger partial charge is 0.447 e. The predicted molar refractivity (Wildman–Crippen MR) is 92.2 cm³/mol. The van der Waals surface area contributed by atoms with E-state index in [2.05, 4.69) is 30.0 Å². The second-order valence-electron chi connectivity index (χ2n) is 5.04. The Kier molecular flexibility index (Phi) is 3.16. The molecule has 6 heteroatoms. The van der Waals surface area contributed by atoms with Crippen LogP contribution < -0.4 is 9.34 Å². The van der Waals surface area contributed by atoms with Gasteiger partial charge in [-0.1, -0.05) is 0 Å². The molecule has 0 saturated heterocycles. The average Bonchev–Trinajstić information content (AvgIpc) is 3.29. The lowest BCUT2D eigenvalue weighted by molar-refractivity contribution is 1.13. The first kappa shape index (κ1) is 12.8. The fourth-order valence-corrected chi connectivity index (χ4v) is 2.44. The molecule has 0 bridgehead atoms. The van der Waals surface area contributed by atoms with Gasteiger partial charge >= 0.3 is 23.9 Å². The molecule has 0 amide bonds. The van der Waals surface area contributed by atoms with Gasteiger partial charge in [0.2, 0.25) is 0 Å². The van der Waals surface area contributed by atoms with Crippen LogP contribution in [0.4, 0.5) is 0 Å². The van der Waals surface area contributed by atoms with Crippen molar-refractivity contribution >= 4 is 35.5 Å². The van der Waals surface area contributed by atoms with Crippen LogP contribution in [-0.4, -0.2) is 61.7 Å². The molecule has 22 heavy (non-hydrogen) atoms. The molecule has 0 aromatic rings. The van der Waals surface area contributed by atoms with Crippen LogP contribution in [0.2, 0.25) is 0 Å². The highest BCUT2D eigenvalue weighted by atomic mass is 15.1. The van der Waals surface area contributed by atoms with E-state index >= 15 is 0 Å². The molecule has 0 fully saturated rings. The standard InChI is InChI=1S/C16H14N6/c1-3-13(21-9-11(1)15-17-5-6-18-15)14-4-2-12(10-22-14)16-19-7-8-20-16/h1-4,9-10H,5-8H2/q+2. The first-order valence-corrected chi connectivity index (χ1v) is 7.27. The zero-order valence-corrected chi connectivity index (χ0v) is 12.0. The van der Waals surface area contributed by atoms with E-state index in [1.165, 1.54) is 0 Å². The summed E-state index contributed by atoms with van der Waals surface area (Å²) in [5, 5.41) is 8.67. The second-order valence-corrected chi connectivity index (χ2v) is 5.04. The van der Waals surface area contributed by atoms with Gasteiger partial charge in [-0.2, -0.15) is 0 Å². The summed E-state index contributed by atoms with van der Waals surface area (Å²) in [6.45, 7) is 3.09. The fourth-order valence-electron chi connectivity index (χ4n) is 2.44. The molecule has 4 heterocycles. The lowest BCUT2D eigenvalue weighted by atomic mass is 10.0. The summed E-state index contributed by atoms with van der Waals surface area (Å²) in [4.78, 5) is 8.67. The Morgan fingerprint density at radius 2 is 1.32 bits per heavy atom. The molecule has 0 aromatic heterocycles. The third-order valence-electron chi connectivity index (χ3n) is 3.55. The molecule has 4 aliphatic heterocycles. The number of rotatable bonds is 3. The number of aliphatic imine (C=N–C) groups is 2. The molecule has 0 aliphatic carbocycles. The summed E-state index contributed by atoms with van der Waals surface area (Å²) >= 11 is 0. The van der Waals surface area contributed by atoms with Gasteiger partial charge in [0.25, 0.3) is 0 Å². The molecule has 0 N–H and O–H groups in total. The van der Waals surface area contributed by atoms with Crippen molar-refractivity contribution in [2.24, 2.45) is 9.98 Å². The topological polar surface area (TPSA) is 81.1 Å². The molecular weight excluding hydrogens is 276 g/mol. The number of allylic oxidation sites excluding steroid dienone is 2. The largest absolute Gasteiger partial charge is 0.516 e. The van der Waals surface area contributed by atoms with Gasteiger partial charge in [0.15, 0.2) is 24.0 Å². The van der Waals surface area contributed by atoms with Gasteiger partial charge in [0.1, 0.15) is 12.2 Å². The molecule has 0 aromatic carbocycles. The van der Waals surface area contributed by atoms with Crippen LogP contribution in [0, 0.1) is 11.8 Å². The Labute approximate surface area is 128 Å². The van der Waals surface area contributed by atoms with Crippen molar-refractivity contribution in [1.82, 2.24) is 9.34 Å². The van der Waals surface area contributed by atoms with E-state index in [1.807, 2.05) is 24.3 Å². The Morgan fingerprint density at radius 1 is 0.818 bits per heavy atom. The predicted octanol–water partition coefficient (Wildman–Crippen LogP) is 0.00458. The molecule has 0 unspecified atom stereocenters. The third kappa shape index (κ3) is 2.37. The Bertz CT molecular complexity index is 675. The highest BCUT2D eigenvalue weighted by Crippen LogP contribution is 2.16. The molecule has 0 atom stereocenters. The monoisotopic (exact) mass is 290 g/mol. The zero-order valence-electron chi connectivity index (χ0n) is 12.0. The fraction of sp³-hybridized carbons (Fsp3) is 0.250. The van der Waals surface area contributed by atoms with Crippen molar-refractivity contribution in [1.29, 1.82) is 0 Å². The number of amidine groups is 2. The van der Waals surface area contributed by atoms with Gasteiger partial charge in [0.05, 0.1) is 0 Å². The summed E-state index contributed by atoms with van der Waals surface area (Å²) in [6, 6.07) is 0. The van der Waals surface area contributed by atoms with Crippen molar-refractivity contribution in [3.8, 4) is 0 Å². The maximum Gasteiger partial charge on any atom is 0.516 e. The Morgan fingerprint density at radius 3 is 1.64 bits per heavy atom. The van der Waals surface area contributed by atoms with E-state index in [-0.39, 0.29) is 0 Å². The molecule has 0 spiro atoms. The Balaban J connectivity index is 1.54. The van der Waals surface area contributed by atoms with Gasteiger partial charge < -0.3 is 20.6 Å². The average molecular weight is 290 g/mol. The summed E-state index contributed by atoms with van der Waals surface area (Å²) in [5.74, 6) is 3.50. The number of nitrogens with zero attached hydrogens (tertiary/aromatic N) is 6. The molecule has 4 rings (SSSR count). The lowest BCUT2D eigenvalue weighted by Gasteiger charge is -2.04. The highest BCUT2D eigenvalue weighted by Gasteiger charge is 2.40. The maximum atomic E-state index is 4.46. The molecule has 0 radical (unpaired) electrons. The zero-order chi connectivity index (χ0) is 14.8. The minimum atomic E-state index is 0.773. The minimum Gasteiger partial charge on any atom is -0.447 e. The van der Waals surface area contributed by atoms with Crippen molar-refractivity contribution in [3.05, 3.63) is 46.8 Å². The first-order valence-electron chi connectivity index (χ1n) is 7.27. The molecular formula is C16H14N6+2. The highest BCUT2D eigenvalue weighted by molar-refractivity contribution is 6.51. The van der Waals surface area contributed by atoms with E-state index in [1.54, 1.807) is 12.4 Å². The van der Waals surface area contributed by atoms with Gasteiger partial charge in [-0.05, 0) is 35.5 Å². The molecule has 6 nitrogen and oxygen atoms in total. The molecule has 0 saturated carbocycles. The number of hydrogen-bond donors (Lipinski definition) is 0. The van der Waals surface area contributed by atoms with Crippen LogP contribution in [0.15, 0.2) is 34.3 Å². The van der Waals surface area contributed by atoms with Gasteiger partial charge in [-0.3, -0.25) is 0 Å². The van der Waals surface area contributed by atoms with Crippen LogP contribution >= 0.6 is 0 Å². The minimum absolute atomic E-state index is 0.773. The van der Waals surface area contributed by atoms with Crippen LogP contribution in [0.1, 0.15) is 0 Å². The SMILES string of the molecule is C1=C[C+](C2=NCC[N-]2)C=[N+]=C1C1=[N+]=C[C+](C2=NCC[N-]2)C=C1. The van der Waals surface area contributed by atoms with Crippen molar-refractivity contribution < 1.29 is 0 Å². The van der Waals surface area contributed by atoms with Gasteiger partial charge in [-0.15, -0.1) is 0 Å². The van der Waals surface area contributed by atoms with Crippen LogP contribution in [0.25, 0.3) is 10.6 Å². The normalized spacial score (nSPS) is 22.2. The summed E-state index contributed by atoms with van der Waals surface area (Å²) in [5.41, 5.74) is 1.67. The van der Waals surface area contributed by atoms with Gasteiger partial charge in [0, 0.05) is 11.7 Å². The maximum absolute atomic E-state index is 4.46. The summed E-state index contributed by atoms with van der Waals surface area (Å²) in [7, 11) is 0. The van der Waals surface area contributed by atoms with E-state index < -0.39 is 0 Å². The second kappa shape index (κ2) is 5.45. The first-order chi connectivity index (χ1) is 10.9. The lowest BCUT2D eigenvalue weighted by Crippen LogP contribution is -2.25. The van der Waals surface area contributed by atoms with E-state index in [0.717, 1.165) is 61.1 Å². The van der Waals surface area contributed by atoms with Crippen LogP contribution in [0.5, 0.6) is 0 Å². The molecule has 4 aliphatic rings. The number of hydrogen-bond acceptors (Lipinski definition) is 2. The Hall–Kier alpha value is -2.94. The van der Waals surface area contributed by atoms with Crippen molar-refractivity contribution in [2.45, 2.75) is 0 Å². The third-order valence-corrected chi connectivity index (χ3v) is 3.55. The quantitative estimate of drug-likeness (QED) is 0.518. The van der Waals surface area contributed by atoms with Crippen molar-refractivity contribution in [3.63, 3.8) is 0 Å². The summed E-state index contributed by atoms with van der Waals surface area (Å²) < 4.78 is 8.93.